The highest BCUT2D eigenvalue weighted by Gasteiger charge is 2.66. The van der Waals surface area contributed by atoms with E-state index in [4.69, 9.17) is 9.47 Å². The molecule has 0 aromatic heterocycles. The molecule has 5 heteroatoms. The van der Waals surface area contributed by atoms with Gasteiger partial charge in [0.25, 0.3) is 0 Å². The summed E-state index contributed by atoms with van der Waals surface area (Å²) >= 11 is 0. The van der Waals surface area contributed by atoms with Crippen LogP contribution in [0.15, 0.2) is 43.0 Å². The van der Waals surface area contributed by atoms with E-state index in [2.05, 4.69) is 6.58 Å². The summed E-state index contributed by atoms with van der Waals surface area (Å²) < 4.78 is 11.1. The number of phenolic OH excluding ortho intramolecular Hbond substituents is 1. The predicted octanol–water partition coefficient (Wildman–Crippen LogP) is 2.89. The van der Waals surface area contributed by atoms with Gasteiger partial charge in [0.15, 0.2) is 11.5 Å². The van der Waals surface area contributed by atoms with E-state index in [0.717, 1.165) is 5.56 Å². The second-order valence-corrected chi connectivity index (χ2v) is 6.52. The van der Waals surface area contributed by atoms with E-state index in [-0.39, 0.29) is 11.7 Å². The zero-order valence-corrected chi connectivity index (χ0v) is 13.9. The number of phenols is 1. The van der Waals surface area contributed by atoms with Gasteiger partial charge >= 0.3 is 0 Å². The summed E-state index contributed by atoms with van der Waals surface area (Å²) in [4.78, 5) is 12.4. The highest BCUT2D eigenvalue weighted by molar-refractivity contribution is 5.97. The van der Waals surface area contributed by atoms with Crippen LogP contribution in [0.2, 0.25) is 0 Å². The van der Waals surface area contributed by atoms with E-state index in [0.29, 0.717) is 18.6 Å². The van der Waals surface area contributed by atoms with Gasteiger partial charge in [0, 0.05) is 5.41 Å². The molecule has 0 amide bonds. The summed E-state index contributed by atoms with van der Waals surface area (Å²) in [6.07, 6.45) is 5.40. The fraction of sp³-hybridized carbons (Fsp3) is 0.421. The minimum atomic E-state index is -1.87. The third-order valence-electron chi connectivity index (χ3n) is 5.42. The maximum atomic E-state index is 12.4. The van der Waals surface area contributed by atoms with E-state index in [9.17, 15) is 15.0 Å². The number of carbonyl (C=O) groups excluding carboxylic acids is 1. The first kappa shape index (κ1) is 16.7. The lowest BCUT2D eigenvalue weighted by atomic mass is 9.62. The SMILES string of the molecule is C=CC[C@]12CC=CC(=O)[C@@]1(O)O[C@H](c1ccc(O)c(OC)c1)[C@H]2C. The van der Waals surface area contributed by atoms with E-state index in [1.54, 1.807) is 24.3 Å². The van der Waals surface area contributed by atoms with Crippen molar-refractivity contribution in [1.29, 1.82) is 0 Å². The standard InChI is InChI=1S/C19H22O5/c1-4-9-18-10-5-6-16(21)19(18,22)24-17(12(18)2)13-7-8-14(20)15(11-13)23-3/h4-8,11-12,17,20,22H,1,9-10H2,2-3H3/t12-,17+,18-,19-/m1/s1. The predicted molar refractivity (Wildman–Crippen MR) is 88.6 cm³/mol. The normalized spacial score (nSPS) is 34.9. The van der Waals surface area contributed by atoms with Crippen LogP contribution in [-0.4, -0.2) is 28.9 Å². The first-order valence-electron chi connectivity index (χ1n) is 7.98. The van der Waals surface area contributed by atoms with Crippen LogP contribution in [0.25, 0.3) is 0 Å². The fourth-order valence-corrected chi connectivity index (χ4v) is 4.01. The second kappa shape index (κ2) is 5.76. The van der Waals surface area contributed by atoms with Crippen LogP contribution in [0.5, 0.6) is 11.5 Å². The van der Waals surface area contributed by atoms with Gasteiger partial charge in [0.2, 0.25) is 11.6 Å². The Hall–Kier alpha value is -2.11. The summed E-state index contributed by atoms with van der Waals surface area (Å²) in [6.45, 7) is 5.75. The molecule has 0 saturated carbocycles. The van der Waals surface area contributed by atoms with Crippen molar-refractivity contribution >= 4 is 5.78 Å². The summed E-state index contributed by atoms with van der Waals surface area (Å²) in [5.41, 5.74) is -0.00711. The molecule has 5 nitrogen and oxygen atoms in total. The van der Waals surface area contributed by atoms with Crippen LogP contribution in [0.4, 0.5) is 0 Å². The van der Waals surface area contributed by atoms with Crippen molar-refractivity contribution in [2.45, 2.75) is 31.7 Å². The minimum Gasteiger partial charge on any atom is -0.504 e. The molecular weight excluding hydrogens is 308 g/mol. The maximum absolute atomic E-state index is 12.4. The van der Waals surface area contributed by atoms with Crippen LogP contribution in [0.1, 0.15) is 31.4 Å². The van der Waals surface area contributed by atoms with Gasteiger partial charge < -0.3 is 19.7 Å². The van der Waals surface area contributed by atoms with Gasteiger partial charge in [-0.25, -0.2) is 0 Å². The summed E-state index contributed by atoms with van der Waals surface area (Å²) in [5.74, 6) is -2.08. The Balaban J connectivity index is 2.07. The molecule has 1 fully saturated rings. The van der Waals surface area contributed by atoms with Gasteiger partial charge in [-0.1, -0.05) is 25.1 Å². The molecule has 128 valence electrons. The number of aromatic hydroxyl groups is 1. The average Bonchev–Trinajstić information content (AvgIpc) is 2.79. The Morgan fingerprint density at radius 2 is 2.25 bits per heavy atom. The molecule has 0 bridgehead atoms. The molecule has 0 spiro atoms. The van der Waals surface area contributed by atoms with Gasteiger partial charge in [0.1, 0.15) is 0 Å². The Kier molecular flexibility index (Phi) is 4.01. The number of allylic oxidation sites excluding steroid dienone is 2. The van der Waals surface area contributed by atoms with Crippen LogP contribution < -0.4 is 4.74 Å². The first-order chi connectivity index (χ1) is 11.4. The molecule has 3 rings (SSSR count). The molecule has 1 heterocycles. The first-order valence-corrected chi connectivity index (χ1v) is 7.98. The van der Waals surface area contributed by atoms with Crippen molar-refractivity contribution in [1.82, 2.24) is 0 Å². The van der Waals surface area contributed by atoms with Gasteiger partial charge in [-0.15, -0.1) is 6.58 Å². The molecule has 24 heavy (non-hydrogen) atoms. The van der Waals surface area contributed by atoms with Gasteiger partial charge in [-0.2, -0.15) is 0 Å². The minimum absolute atomic E-state index is 0.0292. The Morgan fingerprint density at radius 3 is 2.92 bits per heavy atom. The van der Waals surface area contributed by atoms with Crippen molar-refractivity contribution in [3.8, 4) is 11.5 Å². The largest absolute Gasteiger partial charge is 0.504 e. The van der Waals surface area contributed by atoms with Crippen LogP contribution in [0.3, 0.4) is 0 Å². The Labute approximate surface area is 141 Å². The van der Waals surface area contributed by atoms with Crippen molar-refractivity contribution < 1.29 is 24.5 Å². The zero-order chi connectivity index (χ0) is 17.5. The molecule has 1 aliphatic carbocycles. The number of ketones is 1. The molecule has 0 radical (unpaired) electrons. The number of hydrogen-bond donors (Lipinski definition) is 2. The molecule has 2 aliphatic rings. The highest BCUT2D eigenvalue weighted by atomic mass is 16.6. The highest BCUT2D eigenvalue weighted by Crippen LogP contribution is 2.61. The molecule has 1 aliphatic heterocycles. The molecule has 1 aromatic rings. The van der Waals surface area contributed by atoms with Crippen molar-refractivity contribution in [3.05, 3.63) is 48.6 Å². The number of fused-ring (bicyclic) bond motifs is 1. The molecule has 0 unspecified atom stereocenters. The van der Waals surface area contributed by atoms with Crippen LogP contribution >= 0.6 is 0 Å². The van der Waals surface area contributed by atoms with E-state index >= 15 is 0 Å². The summed E-state index contributed by atoms with van der Waals surface area (Å²) in [6, 6.07) is 4.92. The lowest BCUT2D eigenvalue weighted by Gasteiger charge is -2.42. The monoisotopic (exact) mass is 330 g/mol. The average molecular weight is 330 g/mol. The summed E-state index contributed by atoms with van der Waals surface area (Å²) in [7, 11) is 1.47. The number of benzene rings is 1. The fourth-order valence-electron chi connectivity index (χ4n) is 4.01. The lowest BCUT2D eigenvalue weighted by Crippen LogP contribution is -2.54. The number of ether oxygens (including phenoxy) is 2. The molecule has 1 saturated heterocycles. The van der Waals surface area contributed by atoms with Crippen molar-refractivity contribution in [2.75, 3.05) is 7.11 Å². The molecule has 2 N–H and O–H groups in total. The number of rotatable bonds is 4. The molecule has 1 aromatic carbocycles. The van der Waals surface area contributed by atoms with E-state index in [1.165, 1.54) is 19.3 Å². The lowest BCUT2D eigenvalue weighted by molar-refractivity contribution is -0.229. The quantitative estimate of drug-likeness (QED) is 0.830. The number of carbonyl (C=O) groups is 1. The number of methoxy groups -OCH3 is 1. The Bertz CT molecular complexity index is 710. The number of hydrogen-bond acceptors (Lipinski definition) is 5. The van der Waals surface area contributed by atoms with Crippen LogP contribution in [-0.2, 0) is 9.53 Å². The van der Waals surface area contributed by atoms with Crippen molar-refractivity contribution in [3.63, 3.8) is 0 Å². The topological polar surface area (TPSA) is 76.0 Å². The number of aliphatic hydroxyl groups is 1. The molecule has 4 atom stereocenters. The van der Waals surface area contributed by atoms with Crippen molar-refractivity contribution in [2.24, 2.45) is 11.3 Å². The maximum Gasteiger partial charge on any atom is 0.237 e. The van der Waals surface area contributed by atoms with Crippen LogP contribution in [0, 0.1) is 11.3 Å². The smallest absolute Gasteiger partial charge is 0.237 e. The summed E-state index contributed by atoms with van der Waals surface area (Å²) in [5, 5.41) is 20.9. The second-order valence-electron chi connectivity index (χ2n) is 6.52. The van der Waals surface area contributed by atoms with E-state index < -0.39 is 23.1 Å². The zero-order valence-electron chi connectivity index (χ0n) is 13.9. The van der Waals surface area contributed by atoms with Gasteiger partial charge in [-0.05, 0) is 42.5 Å². The van der Waals surface area contributed by atoms with Gasteiger partial charge in [0.05, 0.1) is 13.2 Å². The Morgan fingerprint density at radius 1 is 1.50 bits per heavy atom. The third kappa shape index (κ3) is 2.12. The van der Waals surface area contributed by atoms with E-state index in [1.807, 2.05) is 6.92 Å². The third-order valence-corrected chi connectivity index (χ3v) is 5.42. The van der Waals surface area contributed by atoms with Gasteiger partial charge in [-0.3, -0.25) is 4.79 Å². The molecular formula is C19H22O5.